The Hall–Kier alpha value is -0.270. The van der Waals surface area contributed by atoms with Crippen molar-refractivity contribution >= 4 is 40.8 Å². The van der Waals surface area contributed by atoms with Gasteiger partial charge in [0.1, 0.15) is 0 Å². The van der Waals surface area contributed by atoms with Gasteiger partial charge in [0, 0.05) is 18.3 Å². The fraction of sp³-hybridized carbons (Fsp3) is 0.786. The number of unbranched alkanes of at least 4 members (excludes halogenated alkanes) is 1. The van der Waals surface area contributed by atoms with Crippen LogP contribution < -0.4 is 0 Å². The van der Waals surface area contributed by atoms with Gasteiger partial charge in [-0.05, 0) is 32.6 Å². The van der Waals surface area contributed by atoms with E-state index in [4.69, 9.17) is 0 Å². The number of hydrogen-bond acceptors (Lipinski definition) is 6. The Kier molecular flexibility index (Phi) is 7.33. The van der Waals surface area contributed by atoms with Crippen molar-refractivity contribution < 1.29 is 4.79 Å². The van der Waals surface area contributed by atoms with Crippen LogP contribution in [0.2, 0.25) is 0 Å². The van der Waals surface area contributed by atoms with Crippen molar-refractivity contribution in [3.05, 3.63) is 0 Å². The molecule has 0 radical (unpaired) electrons. The van der Waals surface area contributed by atoms with Gasteiger partial charge in [-0.15, -0.1) is 10.2 Å². The molecule has 0 saturated carbocycles. The number of rotatable bonds is 7. The van der Waals surface area contributed by atoms with Crippen molar-refractivity contribution in [2.45, 2.75) is 60.7 Å². The first-order valence-electron chi connectivity index (χ1n) is 7.59. The monoisotopic (exact) mass is 345 g/mol. The zero-order valence-electron chi connectivity index (χ0n) is 12.7. The molecule has 1 amide bonds. The average molecular weight is 346 g/mol. The Labute approximate surface area is 139 Å². The third kappa shape index (κ3) is 5.45. The van der Waals surface area contributed by atoms with Gasteiger partial charge in [-0.25, -0.2) is 0 Å². The Morgan fingerprint density at radius 2 is 2.10 bits per heavy atom. The van der Waals surface area contributed by atoms with E-state index < -0.39 is 0 Å². The topological polar surface area (TPSA) is 46.1 Å². The van der Waals surface area contributed by atoms with Gasteiger partial charge in [-0.2, -0.15) is 0 Å². The zero-order valence-corrected chi connectivity index (χ0v) is 15.2. The van der Waals surface area contributed by atoms with E-state index in [1.807, 2.05) is 4.90 Å². The second-order valence-corrected chi connectivity index (χ2v) is 8.80. The summed E-state index contributed by atoms with van der Waals surface area (Å²) in [6.45, 7) is 5.25. The van der Waals surface area contributed by atoms with Gasteiger partial charge in [-0.3, -0.25) is 4.79 Å². The molecule has 118 valence electrons. The third-order valence-corrected chi connectivity index (χ3v) is 6.81. The Morgan fingerprint density at radius 3 is 2.81 bits per heavy atom. The second-order valence-electron chi connectivity index (χ2n) is 5.26. The predicted octanol–water partition coefficient (Wildman–Crippen LogP) is 3.92. The predicted molar refractivity (Wildman–Crippen MR) is 91.3 cm³/mol. The van der Waals surface area contributed by atoms with Crippen molar-refractivity contribution in [1.29, 1.82) is 0 Å². The van der Waals surface area contributed by atoms with Gasteiger partial charge in [0.15, 0.2) is 8.68 Å². The largest absolute Gasteiger partial charge is 0.339 e. The highest BCUT2D eigenvalue weighted by Gasteiger charge is 2.23. The number of carbonyl (C=O) groups is 1. The maximum atomic E-state index is 12.3. The maximum Gasteiger partial charge on any atom is 0.233 e. The van der Waals surface area contributed by atoms with Crippen LogP contribution in [0.3, 0.4) is 0 Å². The molecule has 0 spiro atoms. The molecule has 4 nitrogen and oxygen atoms in total. The van der Waals surface area contributed by atoms with Crippen molar-refractivity contribution in [1.82, 2.24) is 15.1 Å². The lowest BCUT2D eigenvalue weighted by Crippen LogP contribution is -2.42. The standard InChI is InChI=1S/C14H23N3OS3/c1-3-4-9-19-13-15-16-14(21-13)20-10-12(18)17-8-6-5-7-11(17)2/h11H,3-10H2,1-2H3. The fourth-order valence-corrected chi connectivity index (χ4v) is 5.35. The summed E-state index contributed by atoms with van der Waals surface area (Å²) >= 11 is 4.90. The number of carbonyl (C=O) groups excluding carboxylic acids is 1. The van der Waals surface area contributed by atoms with Crippen LogP contribution in [-0.4, -0.2) is 45.1 Å². The van der Waals surface area contributed by atoms with E-state index in [9.17, 15) is 4.79 Å². The molecule has 1 unspecified atom stereocenters. The summed E-state index contributed by atoms with van der Waals surface area (Å²) in [6, 6.07) is 0.390. The van der Waals surface area contributed by atoms with E-state index in [1.165, 1.54) is 31.0 Å². The van der Waals surface area contributed by atoms with Gasteiger partial charge >= 0.3 is 0 Å². The zero-order chi connectivity index (χ0) is 15.1. The van der Waals surface area contributed by atoms with E-state index in [0.29, 0.717) is 11.8 Å². The van der Waals surface area contributed by atoms with E-state index in [0.717, 1.165) is 33.8 Å². The summed E-state index contributed by atoms with van der Waals surface area (Å²) in [6.07, 6.45) is 5.92. The Morgan fingerprint density at radius 1 is 1.33 bits per heavy atom. The second kappa shape index (κ2) is 9.00. The lowest BCUT2D eigenvalue weighted by Gasteiger charge is -2.33. The fourth-order valence-electron chi connectivity index (χ4n) is 2.29. The SMILES string of the molecule is CCCCSc1nnc(SCC(=O)N2CCCCC2C)s1. The molecular formula is C14H23N3OS3. The van der Waals surface area contributed by atoms with Crippen LogP contribution in [-0.2, 0) is 4.79 Å². The number of aromatic nitrogens is 2. The summed E-state index contributed by atoms with van der Waals surface area (Å²) in [7, 11) is 0. The van der Waals surface area contributed by atoms with Crippen LogP contribution in [0.25, 0.3) is 0 Å². The number of thioether (sulfide) groups is 2. The first-order valence-corrected chi connectivity index (χ1v) is 10.4. The number of likely N-dealkylation sites (tertiary alicyclic amines) is 1. The molecule has 1 aromatic heterocycles. The van der Waals surface area contributed by atoms with Crippen LogP contribution >= 0.6 is 34.9 Å². The Balaban J connectivity index is 1.75. The summed E-state index contributed by atoms with van der Waals surface area (Å²) in [5.74, 6) is 1.82. The molecule has 0 N–H and O–H groups in total. The van der Waals surface area contributed by atoms with Gasteiger partial charge in [0.05, 0.1) is 5.75 Å². The average Bonchev–Trinajstić information content (AvgIpc) is 2.93. The Bertz CT molecular complexity index is 452. The highest BCUT2D eigenvalue weighted by atomic mass is 32.2. The van der Waals surface area contributed by atoms with Crippen molar-refractivity contribution in [2.75, 3.05) is 18.1 Å². The molecule has 0 aromatic carbocycles. The molecule has 0 aliphatic carbocycles. The first-order chi connectivity index (χ1) is 10.2. The lowest BCUT2D eigenvalue weighted by atomic mass is 10.0. The summed E-state index contributed by atoms with van der Waals surface area (Å²) in [5, 5.41) is 8.35. The maximum absolute atomic E-state index is 12.3. The molecule has 1 fully saturated rings. The molecule has 1 aliphatic heterocycles. The minimum Gasteiger partial charge on any atom is -0.339 e. The molecule has 1 aliphatic rings. The number of piperidine rings is 1. The van der Waals surface area contributed by atoms with E-state index in [-0.39, 0.29) is 5.91 Å². The molecule has 21 heavy (non-hydrogen) atoms. The molecule has 2 heterocycles. The van der Waals surface area contributed by atoms with Crippen LogP contribution in [0.15, 0.2) is 8.68 Å². The van der Waals surface area contributed by atoms with E-state index >= 15 is 0 Å². The molecule has 2 rings (SSSR count). The minimum absolute atomic E-state index is 0.239. The summed E-state index contributed by atoms with van der Waals surface area (Å²) in [4.78, 5) is 14.3. The van der Waals surface area contributed by atoms with Gasteiger partial charge < -0.3 is 4.90 Å². The quantitative estimate of drug-likeness (QED) is 0.553. The van der Waals surface area contributed by atoms with Crippen LogP contribution in [0.4, 0.5) is 0 Å². The lowest BCUT2D eigenvalue weighted by molar-refractivity contribution is -0.131. The molecule has 0 bridgehead atoms. The molecule has 7 heteroatoms. The van der Waals surface area contributed by atoms with Crippen molar-refractivity contribution in [3.8, 4) is 0 Å². The summed E-state index contributed by atoms with van der Waals surface area (Å²) < 4.78 is 1.93. The minimum atomic E-state index is 0.239. The number of amides is 1. The highest BCUT2D eigenvalue weighted by Crippen LogP contribution is 2.29. The number of nitrogens with zero attached hydrogens (tertiary/aromatic N) is 3. The molecule has 1 atom stereocenters. The smallest absolute Gasteiger partial charge is 0.233 e. The van der Waals surface area contributed by atoms with Gasteiger partial charge in [0.25, 0.3) is 0 Å². The molecule has 1 saturated heterocycles. The summed E-state index contributed by atoms with van der Waals surface area (Å²) in [5.41, 5.74) is 0. The third-order valence-electron chi connectivity index (χ3n) is 3.55. The van der Waals surface area contributed by atoms with Gasteiger partial charge in [-0.1, -0.05) is 48.2 Å². The highest BCUT2D eigenvalue weighted by molar-refractivity contribution is 8.03. The van der Waals surface area contributed by atoms with Gasteiger partial charge in [0.2, 0.25) is 5.91 Å². The van der Waals surface area contributed by atoms with Crippen molar-refractivity contribution in [3.63, 3.8) is 0 Å². The van der Waals surface area contributed by atoms with Crippen molar-refractivity contribution in [2.24, 2.45) is 0 Å². The molecule has 1 aromatic rings. The molecular weight excluding hydrogens is 322 g/mol. The van der Waals surface area contributed by atoms with Crippen LogP contribution in [0.5, 0.6) is 0 Å². The van der Waals surface area contributed by atoms with E-state index in [2.05, 4.69) is 24.0 Å². The van der Waals surface area contributed by atoms with Crippen LogP contribution in [0, 0.1) is 0 Å². The number of hydrogen-bond donors (Lipinski definition) is 0. The first kappa shape index (κ1) is 17.1. The van der Waals surface area contributed by atoms with E-state index in [1.54, 1.807) is 23.1 Å². The van der Waals surface area contributed by atoms with Crippen LogP contribution in [0.1, 0.15) is 46.0 Å². The normalized spacial score (nSPS) is 19.0.